The van der Waals surface area contributed by atoms with Crippen LogP contribution in [0.2, 0.25) is 0 Å². The Morgan fingerprint density at radius 1 is 1.29 bits per heavy atom. The van der Waals surface area contributed by atoms with E-state index in [1.54, 1.807) is 30.5 Å². The molecular formula is C18H19N5O. The van der Waals surface area contributed by atoms with Crippen LogP contribution in [0.25, 0.3) is 0 Å². The van der Waals surface area contributed by atoms with Crippen molar-refractivity contribution in [3.05, 3.63) is 47.8 Å². The highest BCUT2D eigenvalue weighted by Crippen LogP contribution is 2.20. The molecule has 0 aliphatic carbocycles. The molecule has 0 bridgehead atoms. The molecule has 0 spiro atoms. The standard InChI is InChI=1S/C18H19N5O/c1-13-7-10-23(11-8-13)17(24)16-6-9-20-18(22-16)21-15-5-3-2-4-14(15)12-19/h2-6,9,13H,7-8,10-11H2,1H3,(H,20,21,22). The number of benzene rings is 1. The van der Waals surface area contributed by atoms with E-state index in [4.69, 9.17) is 5.26 Å². The van der Waals surface area contributed by atoms with E-state index in [2.05, 4.69) is 28.3 Å². The molecule has 24 heavy (non-hydrogen) atoms. The van der Waals surface area contributed by atoms with Gasteiger partial charge in [-0.1, -0.05) is 19.1 Å². The van der Waals surface area contributed by atoms with Crippen molar-refractivity contribution in [2.45, 2.75) is 19.8 Å². The van der Waals surface area contributed by atoms with Gasteiger partial charge in [0.05, 0.1) is 11.3 Å². The Kier molecular flexibility index (Phi) is 4.71. The molecule has 6 nitrogen and oxygen atoms in total. The van der Waals surface area contributed by atoms with Gasteiger partial charge in [0.2, 0.25) is 5.95 Å². The molecule has 1 fully saturated rings. The first kappa shape index (κ1) is 15.9. The van der Waals surface area contributed by atoms with Crippen molar-refractivity contribution in [2.75, 3.05) is 18.4 Å². The van der Waals surface area contributed by atoms with Gasteiger partial charge >= 0.3 is 0 Å². The summed E-state index contributed by atoms with van der Waals surface area (Å²) < 4.78 is 0. The van der Waals surface area contributed by atoms with Crippen molar-refractivity contribution in [2.24, 2.45) is 5.92 Å². The van der Waals surface area contributed by atoms with Crippen LogP contribution >= 0.6 is 0 Å². The molecule has 1 aliphatic rings. The fourth-order valence-electron chi connectivity index (χ4n) is 2.72. The lowest BCUT2D eigenvalue weighted by molar-refractivity contribution is 0.0691. The second-order valence-corrected chi connectivity index (χ2v) is 6.02. The van der Waals surface area contributed by atoms with E-state index in [-0.39, 0.29) is 5.91 Å². The van der Waals surface area contributed by atoms with Crippen molar-refractivity contribution in [1.82, 2.24) is 14.9 Å². The van der Waals surface area contributed by atoms with Crippen molar-refractivity contribution in [1.29, 1.82) is 5.26 Å². The van der Waals surface area contributed by atoms with Gasteiger partial charge in [-0.2, -0.15) is 5.26 Å². The van der Waals surface area contributed by atoms with Gasteiger partial charge in [-0.05, 0) is 37.0 Å². The van der Waals surface area contributed by atoms with Crippen molar-refractivity contribution < 1.29 is 4.79 Å². The predicted octanol–water partition coefficient (Wildman–Crippen LogP) is 2.96. The van der Waals surface area contributed by atoms with Crippen molar-refractivity contribution in [3.63, 3.8) is 0 Å². The molecular weight excluding hydrogens is 302 g/mol. The maximum Gasteiger partial charge on any atom is 0.272 e. The number of nitriles is 1. The minimum atomic E-state index is -0.0686. The number of hydrogen-bond acceptors (Lipinski definition) is 5. The van der Waals surface area contributed by atoms with Gasteiger partial charge in [-0.15, -0.1) is 0 Å². The lowest BCUT2D eigenvalue weighted by Crippen LogP contribution is -2.38. The van der Waals surface area contributed by atoms with E-state index in [1.807, 2.05) is 11.0 Å². The predicted molar refractivity (Wildman–Crippen MR) is 90.8 cm³/mol. The molecule has 1 aromatic heterocycles. The smallest absolute Gasteiger partial charge is 0.272 e. The zero-order valence-electron chi connectivity index (χ0n) is 13.6. The number of aromatic nitrogens is 2. The topological polar surface area (TPSA) is 81.9 Å². The van der Waals surface area contributed by atoms with E-state index >= 15 is 0 Å². The van der Waals surface area contributed by atoms with Crippen molar-refractivity contribution in [3.8, 4) is 6.07 Å². The summed E-state index contributed by atoms with van der Waals surface area (Å²) >= 11 is 0. The van der Waals surface area contributed by atoms with E-state index in [0.29, 0.717) is 28.8 Å². The number of para-hydroxylation sites is 1. The zero-order chi connectivity index (χ0) is 16.9. The molecule has 1 N–H and O–H groups in total. The monoisotopic (exact) mass is 321 g/mol. The Labute approximate surface area is 141 Å². The summed E-state index contributed by atoms with van der Waals surface area (Å²) in [5.41, 5.74) is 1.50. The fourth-order valence-corrected chi connectivity index (χ4v) is 2.72. The number of piperidine rings is 1. The normalized spacial score (nSPS) is 14.9. The first-order chi connectivity index (χ1) is 11.7. The Balaban J connectivity index is 1.77. The Morgan fingerprint density at radius 2 is 2.04 bits per heavy atom. The number of rotatable bonds is 3. The summed E-state index contributed by atoms with van der Waals surface area (Å²) in [6.07, 6.45) is 3.61. The maximum atomic E-state index is 12.6. The largest absolute Gasteiger partial charge is 0.337 e. The number of carbonyl (C=O) groups excluding carboxylic acids is 1. The molecule has 6 heteroatoms. The minimum Gasteiger partial charge on any atom is -0.337 e. The fraction of sp³-hybridized carbons (Fsp3) is 0.333. The summed E-state index contributed by atoms with van der Waals surface area (Å²) in [5.74, 6) is 0.911. The molecule has 0 radical (unpaired) electrons. The van der Waals surface area contributed by atoms with Crippen LogP contribution in [0.4, 0.5) is 11.6 Å². The highest BCUT2D eigenvalue weighted by molar-refractivity contribution is 5.92. The van der Waals surface area contributed by atoms with Gasteiger partial charge < -0.3 is 10.2 Å². The highest BCUT2D eigenvalue weighted by atomic mass is 16.2. The minimum absolute atomic E-state index is 0.0686. The quantitative estimate of drug-likeness (QED) is 0.940. The van der Waals surface area contributed by atoms with E-state index in [9.17, 15) is 4.79 Å². The first-order valence-electron chi connectivity index (χ1n) is 8.06. The summed E-state index contributed by atoms with van der Waals surface area (Å²) in [7, 11) is 0. The molecule has 1 saturated heterocycles. The third-order valence-electron chi connectivity index (χ3n) is 4.24. The molecule has 2 aromatic rings. The number of amides is 1. The van der Waals surface area contributed by atoms with Crippen LogP contribution in [0.3, 0.4) is 0 Å². The van der Waals surface area contributed by atoms with Gasteiger partial charge in [-0.25, -0.2) is 9.97 Å². The molecule has 122 valence electrons. The van der Waals surface area contributed by atoms with Crippen LogP contribution in [0.5, 0.6) is 0 Å². The summed E-state index contributed by atoms with van der Waals surface area (Å²) in [6, 6.07) is 10.9. The third kappa shape index (κ3) is 3.51. The van der Waals surface area contributed by atoms with Gasteiger partial charge in [0.15, 0.2) is 0 Å². The van der Waals surface area contributed by atoms with Crippen LogP contribution in [0, 0.1) is 17.2 Å². The third-order valence-corrected chi connectivity index (χ3v) is 4.24. The van der Waals surface area contributed by atoms with Crippen LogP contribution in [-0.4, -0.2) is 33.9 Å². The molecule has 0 atom stereocenters. The molecule has 1 amide bonds. The van der Waals surface area contributed by atoms with Crippen LogP contribution in [-0.2, 0) is 0 Å². The molecule has 0 unspecified atom stereocenters. The zero-order valence-corrected chi connectivity index (χ0v) is 13.6. The van der Waals surface area contributed by atoms with Gasteiger partial charge in [0.25, 0.3) is 5.91 Å². The van der Waals surface area contributed by atoms with Gasteiger partial charge in [0, 0.05) is 19.3 Å². The number of likely N-dealkylation sites (tertiary alicyclic amines) is 1. The summed E-state index contributed by atoms with van der Waals surface area (Å²) in [5, 5.41) is 12.2. The first-order valence-corrected chi connectivity index (χ1v) is 8.06. The molecule has 1 aliphatic heterocycles. The van der Waals surface area contributed by atoms with E-state index in [0.717, 1.165) is 25.9 Å². The lowest BCUT2D eigenvalue weighted by Gasteiger charge is -2.30. The summed E-state index contributed by atoms with van der Waals surface area (Å²) in [6.45, 7) is 3.75. The second-order valence-electron chi connectivity index (χ2n) is 6.02. The number of nitrogens with zero attached hydrogens (tertiary/aromatic N) is 4. The highest BCUT2D eigenvalue weighted by Gasteiger charge is 2.22. The number of anilines is 2. The molecule has 0 saturated carbocycles. The Morgan fingerprint density at radius 3 is 2.79 bits per heavy atom. The lowest BCUT2D eigenvalue weighted by atomic mass is 9.99. The number of nitrogens with one attached hydrogen (secondary N) is 1. The van der Waals surface area contributed by atoms with Crippen molar-refractivity contribution >= 4 is 17.5 Å². The maximum absolute atomic E-state index is 12.6. The Hall–Kier alpha value is -2.94. The number of carbonyl (C=O) groups is 1. The molecule has 2 heterocycles. The average molecular weight is 321 g/mol. The van der Waals surface area contributed by atoms with Crippen LogP contribution < -0.4 is 5.32 Å². The second kappa shape index (κ2) is 7.09. The Bertz CT molecular complexity index is 775. The van der Waals surface area contributed by atoms with Crippen LogP contribution in [0.1, 0.15) is 35.8 Å². The number of hydrogen-bond donors (Lipinski definition) is 1. The SMILES string of the molecule is CC1CCN(C(=O)c2ccnc(Nc3ccccc3C#N)n2)CC1. The van der Waals surface area contributed by atoms with E-state index < -0.39 is 0 Å². The van der Waals surface area contributed by atoms with Gasteiger partial charge in [-0.3, -0.25) is 4.79 Å². The summed E-state index contributed by atoms with van der Waals surface area (Å²) in [4.78, 5) is 22.9. The molecule has 3 rings (SSSR count). The van der Waals surface area contributed by atoms with Gasteiger partial charge in [0.1, 0.15) is 11.8 Å². The van der Waals surface area contributed by atoms with Crippen LogP contribution in [0.15, 0.2) is 36.5 Å². The average Bonchev–Trinajstić information content (AvgIpc) is 2.62. The molecule has 1 aromatic carbocycles. The van der Waals surface area contributed by atoms with E-state index in [1.165, 1.54) is 0 Å².